The van der Waals surface area contributed by atoms with Crippen molar-refractivity contribution < 1.29 is 14.7 Å². The summed E-state index contributed by atoms with van der Waals surface area (Å²) < 4.78 is 2.33. The van der Waals surface area contributed by atoms with Crippen LogP contribution in [0.25, 0.3) is 0 Å². The van der Waals surface area contributed by atoms with Gasteiger partial charge in [-0.1, -0.05) is 6.58 Å². The quantitative estimate of drug-likeness (QED) is 0.395. The normalized spacial score (nSPS) is 11.8. The van der Waals surface area contributed by atoms with E-state index < -0.39 is 12.0 Å². The summed E-state index contributed by atoms with van der Waals surface area (Å²) in [6.07, 6.45) is 1.10. The van der Waals surface area contributed by atoms with Crippen LogP contribution in [0.15, 0.2) is 12.7 Å². The number of carboxylic acids is 1. The van der Waals surface area contributed by atoms with Crippen molar-refractivity contribution in [1.29, 1.82) is 0 Å². The largest absolute Gasteiger partial charge is 0.480 e. The molecule has 1 unspecified atom stereocenters. The summed E-state index contributed by atoms with van der Waals surface area (Å²) in [4.78, 5) is 20.7. The Bertz CT molecular complexity index is 195. The molecule has 0 saturated heterocycles. The molecule has 1 atom stereocenters. The highest BCUT2D eigenvalue weighted by molar-refractivity contribution is 7.98. The average molecular weight is 190 g/mol. The molecule has 68 valence electrons. The standard InChI is InChI=1S/C6H10N2O3S/c1-2-5(9)8-12-3-4(7)6(10)11/h2,4H,1,3,7H2,(H,8,9)(H,10,11). The van der Waals surface area contributed by atoms with Crippen LogP contribution < -0.4 is 10.5 Å². The van der Waals surface area contributed by atoms with Crippen molar-refractivity contribution in [3.63, 3.8) is 0 Å². The molecule has 6 heteroatoms. The topological polar surface area (TPSA) is 92.4 Å². The molecule has 0 aliphatic carbocycles. The van der Waals surface area contributed by atoms with Crippen LogP contribution in [0.4, 0.5) is 0 Å². The number of aliphatic carboxylic acids is 1. The zero-order valence-electron chi connectivity index (χ0n) is 6.32. The molecule has 0 rings (SSSR count). The van der Waals surface area contributed by atoms with Crippen molar-refractivity contribution in [3.8, 4) is 0 Å². The van der Waals surface area contributed by atoms with Gasteiger partial charge in [-0.2, -0.15) is 0 Å². The van der Waals surface area contributed by atoms with Crippen LogP contribution in [0, 0.1) is 0 Å². The summed E-state index contributed by atoms with van der Waals surface area (Å²) in [7, 11) is 0. The average Bonchev–Trinajstić information content (AvgIpc) is 2.03. The molecule has 5 nitrogen and oxygen atoms in total. The van der Waals surface area contributed by atoms with Gasteiger partial charge in [-0.05, 0) is 18.0 Å². The van der Waals surface area contributed by atoms with Crippen molar-refractivity contribution in [1.82, 2.24) is 4.72 Å². The van der Waals surface area contributed by atoms with Crippen LogP contribution in [0.3, 0.4) is 0 Å². The van der Waals surface area contributed by atoms with Gasteiger partial charge in [0.25, 0.3) is 5.91 Å². The van der Waals surface area contributed by atoms with Crippen molar-refractivity contribution in [2.24, 2.45) is 5.73 Å². The molecule has 12 heavy (non-hydrogen) atoms. The van der Waals surface area contributed by atoms with E-state index in [4.69, 9.17) is 10.8 Å². The van der Waals surface area contributed by atoms with Gasteiger partial charge in [-0.25, -0.2) is 0 Å². The molecular formula is C6H10N2O3S. The van der Waals surface area contributed by atoms with Crippen LogP contribution in [0.2, 0.25) is 0 Å². The molecule has 4 N–H and O–H groups in total. The molecule has 0 fully saturated rings. The van der Waals surface area contributed by atoms with Crippen molar-refractivity contribution in [2.45, 2.75) is 6.04 Å². The lowest BCUT2D eigenvalue weighted by molar-refractivity contribution is -0.137. The predicted octanol–water partition coefficient (Wildman–Crippen LogP) is -0.651. The number of amides is 1. The number of hydrogen-bond donors (Lipinski definition) is 3. The summed E-state index contributed by atoms with van der Waals surface area (Å²) in [5, 5.41) is 8.33. The van der Waals surface area contributed by atoms with E-state index >= 15 is 0 Å². The number of nitrogens with two attached hydrogens (primary N) is 1. The fourth-order valence-corrected chi connectivity index (χ4v) is 0.947. The molecule has 0 saturated carbocycles. The van der Waals surface area contributed by atoms with Gasteiger partial charge in [0.15, 0.2) is 0 Å². The lowest BCUT2D eigenvalue weighted by Gasteiger charge is -2.04. The van der Waals surface area contributed by atoms with Crippen LogP contribution in [-0.2, 0) is 9.59 Å². The first-order valence-electron chi connectivity index (χ1n) is 3.10. The van der Waals surface area contributed by atoms with E-state index in [1.165, 1.54) is 0 Å². The van der Waals surface area contributed by atoms with E-state index in [0.717, 1.165) is 18.0 Å². The second kappa shape index (κ2) is 5.62. The van der Waals surface area contributed by atoms with E-state index in [2.05, 4.69) is 11.3 Å². The minimum absolute atomic E-state index is 0.134. The second-order valence-electron chi connectivity index (χ2n) is 1.93. The van der Waals surface area contributed by atoms with Gasteiger partial charge in [0.2, 0.25) is 0 Å². The van der Waals surface area contributed by atoms with Crippen molar-refractivity contribution in [3.05, 3.63) is 12.7 Å². The third-order valence-electron chi connectivity index (χ3n) is 0.938. The molecule has 0 bridgehead atoms. The number of carbonyl (C=O) groups is 2. The van der Waals surface area contributed by atoms with E-state index in [9.17, 15) is 9.59 Å². The highest BCUT2D eigenvalue weighted by atomic mass is 32.2. The second-order valence-corrected chi connectivity index (χ2v) is 2.75. The first-order chi connectivity index (χ1) is 5.57. The van der Waals surface area contributed by atoms with E-state index in [-0.39, 0.29) is 11.7 Å². The Morgan fingerprint density at radius 3 is 2.75 bits per heavy atom. The van der Waals surface area contributed by atoms with Crippen molar-refractivity contribution >= 4 is 23.8 Å². The molecular weight excluding hydrogens is 180 g/mol. The van der Waals surface area contributed by atoms with E-state index in [0.29, 0.717) is 0 Å². The monoisotopic (exact) mass is 190 g/mol. The Morgan fingerprint density at radius 1 is 1.75 bits per heavy atom. The van der Waals surface area contributed by atoms with Gasteiger partial charge in [-0.3, -0.25) is 14.3 Å². The maximum absolute atomic E-state index is 10.5. The number of carboxylic acid groups (broad SMARTS) is 1. The summed E-state index contributed by atoms with van der Waals surface area (Å²) in [5.74, 6) is -1.32. The van der Waals surface area contributed by atoms with Crippen LogP contribution in [0.1, 0.15) is 0 Å². The molecule has 0 heterocycles. The molecule has 0 aliphatic heterocycles. The van der Waals surface area contributed by atoms with Gasteiger partial charge in [-0.15, -0.1) is 0 Å². The SMILES string of the molecule is C=CC(=O)NSCC(N)C(=O)O. The Balaban J connectivity index is 3.49. The van der Waals surface area contributed by atoms with Gasteiger partial charge in [0.05, 0.1) is 0 Å². The summed E-state index contributed by atoms with van der Waals surface area (Å²) in [6.45, 7) is 3.22. The first-order valence-corrected chi connectivity index (χ1v) is 4.09. The molecule has 0 aromatic heterocycles. The lowest BCUT2D eigenvalue weighted by Crippen LogP contribution is -2.33. The minimum atomic E-state index is -1.09. The molecule has 0 radical (unpaired) electrons. The fourth-order valence-electron chi connectivity index (χ4n) is 0.316. The third-order valence-corrected chi connectivity index (χ3v) is 1.81. The molecule has 0 spiro atoms. The third kappa shape index (κ3) is 4.75. The number of nitrogens with one attached hydrogen (secondary N) is 1. The fraction of sp³-hybridized carbons (Fsp3) is 0.333. The number of carbonyl (C=O) groups excluding carboxylic acids is 1. The van der Waals surface area contributed by atoms with Gasteiger partial charge >= 0.3 is 5.97 Å². The molecule has 1 amide bonds. The Morgan fingerprint density at radius 2 is 2.33 bits per heavy atom. The smallest absolute Gasteiger partial charge is 0.321 e. The number of hydrogen-bond acceptors (Lipinski definition) is 4. The molecule has 0 aromatic carbocycles. The highest BCUT2D eigenvalue weighted by Crippen LogP contribution is 1.95. The maximum Gasteiger partial charge on any atom is 0.321 e. The minimum Gasteiger partial charge on any atom is -0.480 e. The van der Waals surface area contributed by atoms with Gasteiger partial charge < -0.3 is 10.8 Å². The van der Waals surface area contributed by atoms with Crippen LogP contribution in [-0.4, -0.2) is 28.8 Å². The van der Waals surface area contributed by atoms with Crippen molar-refractivity contribution in [2.75, 3.05) is 5.75 Å². The Kier molecular flexibility index (Phi) is 5.14. The van der Waals surface area contributed by atoms with Crippen LogP contribution >= 0.6 is 11.9 Å². The summed E-state index contributed by atoms with van der Waals surface area (Å²) in [5.41, 5.74) is 5.15. The summed E-state index contributed by atoms with van der Waals surface area (Å²) in [6, 6.07) is -0.958. The highest BCUT2D eigenvalue weighted by Gasteiger charge is 2.10. The zero-order chi connectivity index (χ0) is 9.56. The predicted molar refractivity (Wildman–Crippen MR) is 46.4 cm³/mol. The zero-order valence-corrected chi connectivity index (χ0v) is 7.13. The Hall–Kier alpha value is -1.01. The Labute approximate surface area is 74.1 Å². The maximum atomic E-state index is 10.5. The van der Waals surface area contributed by atoms with Gasteiger partial charge in [0.1, 0.15) is 6.04 Å². The summed E-state index contributed by atoms with van der Waals surface area (Å²) >= 11 is 0.946. The number of rotatable bonds is 5. The van der Waals surface area contributed by atoms with Crippen LogP contribution in [0.5, 0.6) is 0 Å². The van der Waals surface area contributed by atoms with E-state index in [1.54, 1.807) is 0 Å². The first kappa shape index (κ1) is 11.0. The van der Waals surface area contributed by atoms with E-state index in [1.807, 2.05) is 0 Å². The molecule has 0 aromatic rings. The lowest BCUT2D eigenvalue weighted by atomic mass is 10.4. The van der Waals surface area contributed by atoms with Gasteiger partial charge in [0, 0.05) is 5.75 Å². The molecule has 0 aliphatic rings.